The molecule has 0 radical (unpaired) electrons. The Kier molecular flexibility index (Phi) is 2.93. The van der Waals surface area contributed by atoms with E-state index in [0.717, 1.165) is 41.4 Å². The third-order valence-electron chi connectivity index (χ3n) is 3.86. The second kappa shape index (κ2) is 4.61. The lowest BCUT2D eigenvalue weighted by atomic mass is 10.0. The van der Waals surface area contributed by atoms with Crippen molar-refractivity contribution in [1.82, 2.24) is 15.0 Å². The van der Waals surface area contributed by atoms with Gasteiger partial charge in [-0.1, -0.05) is 6.07 Å². The Morgan fingerprint density at radius 1 is 1.16 bits per heavy atom. The van der Waals surface area contributed by atoms with Gasteiger partial charge in [0.15, 0.2) is 0 Å². The van der Waals surface area contributed by atoms with Gasteiger partial charge in [-0.2, -0.15) is 0 Å². The molecule has 19 heavy (non-hydrogen) atoms. The van der Waals surface area contributed by atoms with Crippen LogP contribution in [0, 0.1) is 13.8 Å². The van der Waals surface area contributed by atoms with E-state index in [4.69, 9.17) is 4.98 Å². The minimum atomic E-state index is 0.269. The molecule has 0 aromatic carbocycles. The molecule has 2 heterocycles. The fourth-order valence-corrected chi connectivity index (χ4v) is 2.73. The molecular formula is C15H18N4. The lowest BCUT2D eigenvalue weighted by Crippen LogP contribution is -2.10. The van der Waals surface area contributed by atoms with Crippen LogP contribution in [0.5, 0.6) is 0 Å². The highest BCUT2D eigenvalue weighted by Crippen LogP contribution is 2.38. The molecule has 4 heteroatoms. The molecule has 1 unspecified atom stereocenters. The molecule has 0 saturated carbocycles. The van der Waals surface area contributed by atoms with Crippen LogP contribution in [0.2, 0.25) is 0 Å². The summed E-state index contributed by atoms with van der Waals surface area (Å²) in [5.41, 5.74) is 5.51. The van der Waals surface area contributed by atoms with Gasteiger partial charge >= 0.3 is 0 Å². The second-order valence-corrected chi connectivity index (χ2v) is 5.02. The zero-order valence-corrected chi connectivity index (χ0v) is 11.6. The Morgan fingerprint density at radius 3 is 2.74 bits per heavy atom. The topological polar surface area (TPSA) is 50.7 Å². The first-order valence-corrected chi connectivity index (χ1v) is 6.67. The molecule has 0 saturated heterocycles. The number of nitrogens with one attached hydrogen (secondary N) is 1. The predicted molar refractivity (Wildman–Crippen MR) is 75.5 cm³/mol. The van der Waals surface area contributed by atoms with Crippen molar-refractivity contribution in [3.05, 3.63) is 46.7 Å². The molecular weight excluding hydrogens is 236 g/mol. The predicted octanol–water partition coefficient (Wildman–Crippen LogP) is 2.61. The van der Waals surface area contributed by atoms with Crippen molar-refractivity contribution in [3.63, 3.8) is 0 Å². The Balaban J connectivity index is 2.11. The van der Waals surface area contributed by atoms with Gasteiger partial charge in [-0.25, -0.2) is 4.98 Å². The van der Waals surface area contributed by atoms with Crippen LogP contribution in [0.1, 0.15) is 40.7 Å². The van der Waals surface area contributed by atoms with E-state index in [1.54, 1.807) is 0 Å². The van der Waals surface area contributed by atoms with Crippen LogP contribution in [-0.4, -0.2) is 22.0 Å². The highest BCUT2D eigenvalue weighted by Gasteiger charge is 2.29. The van der Waals surface area contributed by atoms with E-state index in [-0.39, 0.29) is 5.92 Å². The van der Waals surface area contributed by atoms with Gasteiger partial charge in [-0.05, 0) is 38.3 Å². The van der Waals surface area contributed by atoms with Crippen LogP contribution < -0.4 is 5.32 Å². The molecule has 4 nitrogen and oxygen atoms in total. The number of hydrogen-bond acceptors (Lipinski definition) is 4. The maximum Gasteiger partial charge on any atom is 0.148 e. The van der Waals surface area contributed by atoms with E-state index in [1.165, 1.54) is 5.56 Å². The summed E-state index contributed by atoms with van der Waals surface area (Å²) in [5, 5.41) is 3.17. The van der Waals surface area contributed by atoms with Gasteiger partial charge in [-0.3, -0.25) is 9.97 Å². The third-order valence-corrected chi connectivity index (χ3v) is 3.86. The van der Waals surface area contributed by atoms with Crippen LogP contribution in [-0.2, 0) is 6.42 Å². The van der Waals surface area contributed by atoms with Gasteiger partial charge < -0.3 is 5.32 Å². The number of aromatic nitrogens is 3. The van der Waals surface area contributed by atoms with Crippen molar-refractivity contribution >= 4 is 5.82 Å². The molecule has 0 amide bonds. The first-order chi connectivity index (χ1) is 9.20. The summed E-state index contributed by atoms with van der Waals surface area (Å²) in [5.74, 6) is 1.15. The van der Waals surface area contributed by atoms with Gasteiger partial charge in [0.05, 0.1) is 22.8 Å². The highest BCUT2D eigenvalue weighted by atomic mass is 15.0. The summed E-state index contributed by atoms with van der Waals surface area (Å²) in [4.78, 5) is 13.9. The monoisotopic (exact) mass is 254 g/mol. The fourth-order valence-electron chi connectivity index (χ4n) is 2.73. The number of nitrogens with zero attached hydrogens (tertiary/aromatic N) is 3. The Labute approximate surface area is 113 Å². The van der Waals surface area contributed by atoms with Gasteiger partial charge in [-0.15, -0.1) is 0 Å². The van der Waals surface area contributed by atoms with Gasteiger partial charge in [0, 0.05) is 19.2 Å². The summed E-state index contributed by atoms with van der Waals surface area (Å²) in [6, 6.07) is 4.17. The van der Waals surface area contributed by atoms with Crippen molar-refractivity contribution in [2.24, 2.45) is 0 Å². The molecule has 1 atom stereocenters. The molecule has 1 aliphatic rings. The average Bonchev–Trinajstić information content (AvgIpc) is 2.85. The van der Waals surface area contributed by atoms with Crippen molar-refractivity contribution in [1.29, 1.82) is 0 Å². The summed E-state index contributed by atoms with van der Waals surface area (Å²) < 4.78 is 0. The number of aryl methyl sites for hydroxylation is 3. The van der Waals surface area contributed by atoms with Crippen molar-refractivity contribution < 1.29 is 0 Å². The Morgan fingerprint density at radius 2 is 1.95 bits per heavy atom. The van der Waals surface area contributed by atoms with E-state index in [2.05, 4.69) is 21.4 Å². The summed E-state index contributed by atoms with van der Waals surface area (Å²) in [6.45, 7) is 4.01. The van der Waals surface area contributed by atoms with E-state index in [1.807, 2.05) is 33.2 Å². The summed E-state index contributed by atoms with van der Waals surface area (Å²) >= 11 is 0. The van der Waals surface area contributed by atoms with E-state index in [9.17, 15) is 0 Å². The standard InChI is InChI=1S/C15H18N4/c1-9-10(2)19-15(16-3)14(18-9)12-7-6-11-5-4-8-17-13(11)12/h4-5,8,12H,6-7H2,1-3H3,(H,16,19). The third kappa shape index (κ3) is 1.97. The largest absolute Gasteiger partial charge is 0.372 e. The van der Waals surface area contributed by atoms with E-state index >= 15 is 0 Å². The van der Waals surface area contributed by atoms with Crippen molar-refractivity contribution in [2.45, 2.75) is 32.6 Å². The normalized spacial score (nSPS) is 17.3. The number of anilines is 1. The number of rotatable bonds is 2. The van der Waals surface area contributed by atoms with Crippen LogP contribution in [0.15, 0.2) is 18.3 Å². The van der Waals surface area contributed by atoms with Gasteiger partial charge in [0.1, 0.15) is 5.82 Å². The van der Waals surface area contributed by atoms with Crippen LogP contribution in [0.3, 0.4) is 0 Å². The second-order valence-electron chi connectivity index (χ2n) is 5.02. The molecule has 1 N–H and O–H groups in total. The minimum Gasteiger partial charge on any atom is -0.372 e. The first-order valence-electron chi connectivity index (χ1n) is 6.67. The highest BCUT2D eigenvalue weighted by molar-refractivity contribution is 5.48. The Bertz CT molecular complexity index is 622. The zero-order valence-electron chi connectivity index (χ0n) is 11.6. The zero-order chi connectivity index (χ0) is 13.4. The smallest absolute Gasteiger partial charge is 0.148 e. The van der Waals surface area contributed by atoms with Crippen LogP contribution in [0.4, 0.5) is 5.82 Å². The van der Waals surface area contributed by atoms with E-state index < -0.39 is 0 Å². The minimum absolute atomic E-state index is 0.269. The molecule has 0 bridgehead atoms. The van der Waals surface area contributed by atoms with Crippen LogP contribution >= 0.6 is 0 Å². The maximum absolute atomic E-state index is 4.76. The first kappa shape index (κ1) is 12.1. The molecule has 2 aromatic rings. The number of pyridine rings is 1. The molecule has 3 rings (SSSR count). The average molecular weight is 254 g/mol. The molecule has 0 fully saturated rings. The summed E-state index contributed by atoms with van der Waals surface area (Å²) in [6.07, 6.45) is 4.01. The summed E-state index contributed by atoms with van der Waals surface area (Å²) in [7, 11) is 1.90. The van der Waals surface area contributed by atoms with Gasteiger partial charge in [0.25, 0.3) is 0 Å². The molecule has 1 aliphatic carbocycles. The molecule has 0 aliphatic heterocycles. The number of fused-ring (bicyclic) bond motifs is 1. The maximum atomic E-state index is 4.76. The number of hydrogen-bond donors (Lipinski definition) is 1. The lowest BCUT2D eigenvalue weighted by Gasteiger charge is -2.15. The van der Waals surface area contributed by atoms with Crippen LogP contribution in [0.25, 0.3) is 0 Å². The van der Waals surface area contributed by atoms with E-state index in [0.29, 0.717) is 0 Å². The Hall–Kier alpha value is -1.97. The molecule has 0 spiro atoms. The SMILES string of the molecule is CNc1nc(C)c(C)nc1C1CCc2cccnc21. The molecule has 98 valence electrons. The van der Waals surface area contributed by atoms with Crippen molar-refractivity contribution in [3.8, 4) is 0 Å². The quantitative estimate of drug-likeness (QED) is 0.895. The molecule has 2 aromatic heterocycles. The fraction of sp³-hybridized carbons (Fsp3) is 0.400. The van der Waals surface area contributed by atoms with Crippen molar-refractivity contribution in [2.75, 3.05) is 12.4 Å². The lowest BCUT2D eigenvalue weighted by molar-refractivity contribution is 0.735. The van der Waals surface area contributed by atoms with Gasteiger partial charge in [0.2, 0.25) is 0 Å².